The Kier molecular flexibility index (Phi) is 5.64. The van der Waals surface area contributed by atoms with E-state index in [-0.39, 0.29) is 5.91 Å². The van der Waals surface area contributed by atoms with Crippen LogP contribution in [0.2, 0.25) is 0 Å². The van der Waals surface area contributed by atoms with Crippen LogP contribution in [0.1, 0.15) is 47.2 Å². The van der Waals surface area contributed by atoms with Crippen LogP contribution in [0, 0.1) is 0 Å². The number of benzene rings is 1. The first kappa shape index (κ1) is 19.0. The summed E-state index contributed by atoms with van der Waals surface area (Å²) in [5.74, 6) is 0.541. The lowest BCUT2D eigenvalue weighted by atomic mass is 10.1. The fourth-order valence-electron chi connectivity index (χ4n) is 3.47. The van der Waals surface area contributed by atoms with Crippen molar-refractivity contribution in [1.82, 2.24) is 24.8 Å². The Morgan fingerprint density at radius 3 is 2.71 bits per heavy atom. The maximum atomic E-state index is 13.0. The minimum absolute atomic E-state index is 0.0748. The average Bonchev–Trinajstić information content (AvgIpc) is 3.06. The second kappa shape index (κ2) is 8.32. The molecule has 0 unspecified atom stereocenters. The first-order valence-electron chi connectivity index (χ1n) is 9.77. The SMILES string of the molecule is CC(C)c1csc(CN2CCCN(C(=O)c3ccc4nccnc4c3)CC2)n1. The van der Waals surface area contributed by atoms with Crippen LogP contribution in [0.4, 0.5) is 0 Å². The topological polar surface area (TPSA) is 62.2 Å². The molecule has 0 spiro atoms. The van der Waals surface area contributed by atoms with Crippen LogP contribution in [0.25, 0.3) is 11.0 Å². The molecule has 1 aromatic carbocycles. The second-order valence-electron chi connectivity index (χ2n) is 7.50. The number of amides is 1. The molecule has 1 saturated heterocycles. The van der Waals surface area contributed by atoms with Gasteiger partial charge < -0.3 is 4.90 Å². The Morgan fingerprint density at radius 2 is 1.93 bits per heavy atom. The third kappa shape index (κ3) is 4.20. The van der Waals surface area contributed by atoms with Crippen LogP contribution >= 0.6 is 11.3 Å². The summed E-state index contributed by atoms with van der Waals surface area (Å²) in [4.78, 5) is 30.7. The van der Waals surface area contributed by atoms with Crippen molar-refractivity contribution in [3.8, 4) is 0 Å². The summed E-state index contributed by atoms with van der Waals surface area (Å²) >= 11 is 1.74. The molecule has 146 valence electrons. The molecule has 28 heavy (non-hydrogen) atoms. The van der Waals surface area contributed by atoms with Gasteiger partial charge in [0.05, 0.1) is 23.3 Å². The van der Waals surface area contributed by atoms with E-state index in [1.807, 2.05) is 23.1 Å². The van der Waals surface area contributed by atoms with E-state index in [9.17, 15) is 4.79 Å². The lowest BCUT2D eigenvalue weighted by Crippen LogP contribution is -2.35. The van der Waals surface area contributed by atoms with Crippen molar-refractivity contribution in [2.75, 3.05) is 26.2 Å². The minimum Gasteiger partial charge on any atom is -0.337 e. The molecule has 0 atom stereocenters. The van der Waals surface area contributed by atoms with Gasteiger partial charge in [-0.2, -0.15) is 0 Å². The molecule has 0 N–H and O–H groups in total. The summed E-state index contributed by atoms with van der Waals surface area (Å²) in [5.41, 5.74) is 3.42. The summed E-state index contributed by atoms with van der Waals surface area (Å²) in [6.45, 7) is 8.59. The molecule has 4 rings (SSSR count). The Morgan fingerprint density at radius 1 is 1.11 bits per heavy atom. The van der Waals surface area contributed by atoms with Crippen molar-refractivity contribution < 1.29 is 4.79 Å². The van der Waals surface area contributed by atoms with Gasteiger partial charge >= 0.3 is 0 Å². The van der Waals surface area contributed by atoms with Gasteiger partial charge in [-0.1, -0.05) is 13.8 Å². The van der Waals surface area contributed by atoms with Gasteiger partial charge in [0.1, 0.15) is 5.01 Å². The van der Waals surface area contributed by atoms with Gasteiger partial charge in [-0.25, -0.2) is 4.98 Å². The molecular formula is C21H25N5OS. The van der Waals surface area contributed by atoms with Gasteiger partial charge in [-0.15, -0.1) is 11.3 Å². The molecule has 3 heterocycles. The molecule has 0 saturated carbocycles. The number of carbonyl (C=O) groups is 1. The normalized spacial score (nSPS) is 15.9. The van der Waals surface area contributed by atoms with Crippen molar-refractivity contribution in [1.29, 1.82) is 0 Å². The van der Waals surface area contributed by atoms with Crippen LogP contribution in [0.3, 0.4) is 0 Å². The van der Waals surface area contributed by atoms with Crippen LogP contribution in [0.15, 0.2) is 36.0 Å². The molecule has 7 heteroatoms. The van der Waals surface area contributed by atoms with Gasteiger partial charge in [-0.3, -0.25) is 19.7 Å². The van der Waals surface area contributed by atoms with Crippen molar-refractivity contribution in [2.45, 2.75) is 32.7 Å². The molecule has 0 radical (unpaired) electrons. The molecular weight excluding hydrogens is 370 g/mol. The maximum Gasteiger partial charge on any atom is 0.253 e. The molecule has 0 bridgehead atoms. The van der Waals surface area contributed by atoms with E-state index in [0.29, 0.717) is 11.5 Å². The first-order valence-corrected chi connectivity index (χ1v) is 10.6. The summed E-state index contributed by atoms with van der Waals surface area (Å²) in [6, 6.07) is 5.57. The number of nitrogens with zero attached hydrogens (tertiary/aromatic N) is 5. The third-order valence-electron chi connectivity index (χ3n) is 5.11. The molecule has 1 amide bonds. The zero-order valence-corrected chi connectivity index (χ0v) is 17.2. The molecule has 2 aromatic heterocycles. The smallest absolute Gasteiger partial charge is 0.253 e. The molecule has 1 fully saturated rings. The van der Waals surface area contributed by atoms with Gasteiger partial charge in [0.25, 0.3) is 5.91 Å². The molecule has 1 aliphatic rings. The van der Waals surface area contributed by atoms with Gasteiger partial charge in [0, 0.05) is 49.5 Å². The Balaban J connectivity index is 1.40. The van der Waals surface area contributed by atoms with Gasteiger partial charge in [-0.05, 0) is 30.5 Å². The van der Waals surface area contributed by atoms with Crippen molar-refractivity contribution in [3.63, 3.8) is 0 Å². The Labute approximate surface area is 169 Å². The van der Waals surface area contributed by atoms with Crippen molar-refractivity contribution in [2.24, 2.45) is 0 Å². The van der Waals surface area contributed by atoms with E-state index in [2.05, 4.69) is 34.1 Å². The second-order valence-corrected chi connectivity index (χ2v) is 8.45. The molecule has 1 aliphatic heterocycles. The Bertz CT molecular complexity index is 970. The number of hydrogen-bond acceptors (Lipinski definition) is 6. The van der Waals surface area contributed by atoms with E-state index < -0.39 is 0 Å². The largest absolute Gasteiger partial charge is 0.337 e. The summed E-state index contributed by atoms with van der Waals surface area (Å²) < 4.78 is 0. The van der Waals surface area contributed by atoms with Crippen molar-refractivity contribution in [3.05, 3.63) is 52.2 Å². The van der Waals surface area contributed by atoms with E-state index in [1.54, 1.807) is 23.7 Å². The van der Waals surface area contributed by atoms with Crippen LogP contribution in [0.5, 0.6) is 0 Å². The van der Waals surface area contributed by atoms with E-state index in [1.165, 1.54) is 5.69 Å². The Hall–Kier alpha value is -2.38. The highest BCUT2D eigenvalue weighted by Gasteiger charge is 2.21. The summed E-state index contributed by atoms with van der Waals surface area (Å²) in [6.07, 6.45) is 4.30. The standard InChI is InChI=1S/C21H25N5OS/c1-15(2)19-14-28-20(24-19)13-25-8-3-9-26(11-10-25)21(27)16-4-5-17-18(12-16)23-7-6-22-17/h4-7,12,14-15H,3,8-11,13H2,1-2H3. The quantitative estimate of drug-likeness (QED) is 0.676. The predicted octanol–water partition coefficient (Wildman–Crippen LogP) is 3.56. The number of hydrogen-bond donors (Lipinski definition) is 0. The van der Waals surface area contributed by atoms with Gasteiger partial charge in [0.2, 0.25) is 0 Å². The third-order valence-corrected chi connectivity index (χ3v) is 5.96. The highest BCUT2D eigenvalue weighted by Crippen LogP contribution is 2.20. The monoisotopic (exact) mass is 395 g/mol. The number of aromatic nitrogens is 3. The van der Waals surface area contributed by atoms with Crippen LogP contribution in [-0.2, 0) is 6.54 Å². The number of carbonyl (C=O) groups excluding carboxylic acids is 1. The lowest BCUT2D eigenvalue weighted by Gasteiger charge is -2.21. The number of fused-ring (bicyclic) bond motifs is 1. The number of rotatable bonds is 4. The summed E-state index contributed by atoms with van der Waals surface area (Å²) in [5, 5.41) is 3.33. The fraction of sp³-hybridized carbons (Fsp3) is 0.429. The van der Waals surface area contributed by atoms with Crippen LogP contribution in [-0.4, -0.2) is 56.8 Å². The maximum absolute atomic E-state index is 13.0. The summed E-state index contributed by atoms with van der Waals surface area (Å²) in [7, 11) is 0. The zero-order valence-electron chi connectivity index (χ0n) is 16.3. The predicted molar refractivity (Wildman–Crippen MR) is 112 cm³/mol. The van der Waals surface area contributed by atoms with Crippen molar-refractivity contribution >= 4 is 28.3 Å². The molecule has 6 nitrogen and oxygen atoms in total. The van der Waals surface area contributed by atoms with E-state index in [0.717, 1.165) is 55.2 Å². The zero-order chi connectivity index (χ0) is 19.5. The van der Waals surface area contributed by atoms with Gasteiger partial charge in [0.15, 0.2) is 0 Å². The highest BCUT2D eigenvalue weighted by molar-refractivity contribution is 7.09. The number of thiazole rings is 1. The van der Waals surface area contributed by atoms with E-state index in [4.69, 9.17) is 4.98 Å². The molecule has 0 aliphatic carbocycles. The first-order chi connectivity index (χ1) is 13.6. The minimum atomic E-state index is 0.0748. The highest BCUT2D eigenvalue weighted by atomic mass is 32.1. The van der Waals surface area contributed by atoms with E-state index >= 15 is 0 Å². The lowest BCUT2D eigenvalue weighted by molar-refractivity contribution is 0.0761. The fourth-order valence-corrected chi connectivity index (χ4v) is 4.46. The average molecular weight is 396 g/mol. The van der Waals surface area contributed by atoms with Crippen LogP contribution < -0.4 is 0 Å². The molecule has 3 aromatic rings.